The molecule has 2 fully saturated rings. The number of carbonyl (C=O) groups excluding carboxylic acids is 7. The first-order valence-electron chi connectivity index (χ1n) is 15.4. The van der Waals surface area contributed by atoms with Crippen molar-refractivity contribution in [2.75, 3.05) is 26.3 Å². The first-order chi connectivity index (χ1) is 23.1. The molecule has 1 amide bonds. The number of benzene rings is 1. The molecule has 0 spiro atoms. The van der Waals surface area contributed by atoms with Crippen LogP contribution in [0.15, 0.2) is 30.3 Å². The first kappa shape index (κ1) is 38.7. The number of rotatable bonds is 12. The monoisotopic (exact) mass is 695 g/mol. The standard InChI is InChI=1S/C32H41NO16/c1-17(34)41-15-24-12-33(32(40)43-14-23-10-8-7-9-11-23)13-25(44-19(3)36)27(24)49-31-30(47-22(6)39)29(46-21(5)38)28(45-20(4)37)26(48-31)16-42-18(2)35/h7-11,24-31H,12-16H2,1-6H3/t24-,25-,26-,27-,28-,29+,30-,31+/m1/s1. The van der Waals surface area contributed by atoms with Crippen molar-refractivity contribution in [3.63, 3.8) is 0 Å². The summed E-state index contributed by atoms with van der Waals surface area (Å²) in [6.07, 6.45) is -10.7. The van der Waals surface area contributed by atoms with Gasteiger partial charge in [0.25, 0.3) is 0 Å². The normalized spacial score (nSPS) is 26.4. The summed E-state index contributed by atoms with van der Waals surface area (Å²) in [5.41, 5.74) is 0.728. The SMILES string of the molecule is CC(=O)OC[C@H]1CN(C(=O)OCc2ccccc2)C[C@@H](OC(C)=O)[C@@H]1O[C@@H]1O[C@H](COC(C)=O)[C@@H](OC(C)=O)[C@H](OC(C)=O)[C@H]1OC(C)=O. The molecule has 8 atom stereocenters. The van der Waals surface area contributed by atoms with Gasteiger partial charge < -0.3 is 47.5 Å². The van der Waals surface area contributed by atoms with E-state index in [1.807, 2.05) is 6.07 Å². The van der Waals surface area contributed by atoms with Crippen LogP contribution in [0.3, 0.4) is 0 Å². The van der Waals surface area contributed by atoms with E-state index >= 15 is 0 Å². The van der Waals surface area contributed by atoms with E-state index < -0.39 is 97.3 Å². The minimum atomic E-state index is -1.64. The first-order valence-corrected chi connectivity index (χ1v) is 15.4. The van der Waals surface area contributed by atoms with Crippen LogP contribution in [0.1, 0.15) is 47.1 Å². The average molecular weight is 696 g/mol. The van der Waals surface area contributed by atoms with Gasteiger partial charge in [0.15, 0.2) is 24.6 Å². The zero-order valence-electron chi connectivity index (χ0n) is 28.0. The number of hydrogen-bond donors (Lipinski definition) is 0. The fourth-order valence-electron chi connectivity index (χ4n) is 5.39. The topological polar surface area (TPSA) is 206 Å². The van der Waals surface area contributed by atoms with Gasteiger partial charge in [-0.25, -0.2) is 4.79 Å². The van der Waals surface area contributed by atoms with Crippen LogP contribution in [0.2, 0.25) is 0 Å². The predicted molar refractivity (Wildman–Crippen MR) is 161 cm³/mol. The highest BCUT2D eigenvalue weighted by Gasteiger charge is 2.55. The Kier molecular flexibility index (Phi) is 14.3. The van der Waals surface area contributed by atoms with E-state index in [0.29, 0.717) is 0 Å². The smallest absolute Gasteiger partial charge is 0.410 e. The summed E-state index contributed by atoms with van der Waals surface area (Å²) in [7, 11) is 0. The second kappa shape index (κ2) is 18.1. The van der Waals surface area contributed by atoms with Crippen molar-refractivity contribution in [1.29, 1.82) is 0 Å². The van der Waals surface area contributed by atoms with Gasteiger partial charge in [-0.05, 0) is 5.56 Å². The van der Waals surface area contributed by atoms with E-state index in [1.54, 1.807) is 24.3 Å². The molecule has 0 saturated carbocycles. The highest BCUT2D eigenvalue weighted by atomic mass is 16.7. The van der Waals surface area contributed by atoms with Crippen LogP contribution in [-0.4, -0.2) is 116 Å². The lowest BCUT2D eigenvalue weighted by atomic mass is 9.92. The predicted octanol–water partition coefficient (Wildman–Crippen LogP) is 1.22. The van der Waals surface area contributed by atoms with E-state index in [4.69, 9.17) is 42.6 Å². The van der Waals surface area contributed by atoms with Gasteiger partial charge in [0.05, 0.1) is 13.2 Å². The molecule has 2 heterocycles. The van der Waals surface area contributed by atoms with Crippen molar-refractivity contribution in [1.82, 2.24) is 4.90 Å². The van der Waals surface area contributed by atoms with E-state index in [2.05, 4.69) is 0 Å². The number of carbonyl (C=O) groups is 7. The number of hydrogen-bond acceptors (Lipinski definition) is 16. The van der Waals surface area contributed by atoms with E-state index in [-0.39, 0.29) is 26.3 Å². The molecule has 17 heteroatoms. The summed E-state index contributed by atoms with van der Waals surface area (Å²) in [4.78, 5) is 86.9. The molecule has 270 valence electrons. The second-order valence-electron chi connectivity index (χ2n) is 11.3. The van der Waals surface area contributed by atoms with Crippen molar-refractivity contribution >= 4 is 41.9 Å². The third-order valence-electron chi connectivity index (χ3n) is 7.21. The second-order valence-corrected chi connectivity index (χ2v) is 11.3. The van der Waals surface area contributed by atoms with Gasteiger partial charge in [0, 0.05) is 54.0 Å². The molecule has 49 heavy (non-hydrogen) atoms. The van der Waals surface area contributed by atoms with Crippen LogP contribution in [0, 0.1) is 5.92 Å². The number of piperidine rings is 1. The van der Waals surface area contributed by atoms with Crippen LogP contribution in [0.4, 0.5) is 4.79 Å². The van der Waals surface area contributed by atoms with Crippen LogP contribution < -0.4 is 0 Å². The van der Waals surface area contributed by atoms with Gasteiger partial charge in [-0.3, -0.25) is 28.8 Å². The molecular formula is C32H41NO16. The van der Waals surface area contributed by atoms with Crippen molar-refractivity contribution in [2.24, 2.45) is 5.92 Å². The summed E-state index contributed by atoms with van der Waals surface area (Å²) >= 11 is 0. The third kappa shape index (κ3) is 12.0. The molecular weight excluding hydrogens is 654 g/mol. The van der Waals surface area contributed by atoms with Gasteiger partial charge in [0.2, 0.25) is 0 Å². The zero-order valence-corrected chi connectivity index (χ0v) is 28.0. The lowest BCUT2D eigenvalue weighted by Crippen LogP contribution is -2.65. The maximum absolute atomic E-state index is 13.2. The Labute approximate surface area is 282 Å². The average Bonchev–Trinajstić information content (AvgIpc) is 3.01. The van der Waals surface area contributed by atoms with E-state index in [0.717, 1.165) is 40.2 Å². The van der Waals surface area contributed by atoms with Gasteiger partial charge in [-0.2, -0.15) is 0 Å². The fraction of sp³-hybridized carbons (Fsp3) is 0.594. The van der Waals surface area contributed by atoms with E-state index in [1.165, 1.54) is 11.8 Å². The quantitative estimate of drug-likeness (QED) is 0.223. The Bertz CT molecular complexity index is 1350. The largest absolute Gasteiger partial charge is 0.465 e. The number of esters is 6. The van der Waals surface area contributed by atoms with Crippen molar-refractivity contribution in [3.8, 4) is 0 Å². The minimum Gasteiger partial charge on any atom is -0.465 e. The maximum atomic E-state index is 13.2. The van der Waals surface area contributed by atoms with Crippen LogP contribution in [0.5, 0.6) is 0 Å². The van der Waals surface area contributed by atoms with E-state index in [9.17, 15) is 33.6 Å². The Morgan fingerprint density at radius 3 is 1.76 bits per heavy atom. The molecule has 3 rings (SSSR count). The molecule has 0 bridgehead atoms. The number of ether oxygens (including phenoxy) is 9. The van der Waals surface area contributed by atoms with Crippen LogP contribution in [-0.2, 0) is 78.0 Å². The summed E-state index contributed by atoms with van der Waals surface area (Å²) in [5.74, 6) is -5.52. The molecule has 1 aromatic rings. The van der Waals surface area contributed by atoms with Gasteiger partial charge in [0.1, 0.15) is 31.5 Å². The number of amides is 1. The third-order valence-corrected chi connectivity index (χ3v) is 7.21. The molecule has 0 aromatic heterocycles. The Morgan fingerprint density at radius 2 is 1.18 bits per heavy atom. The molecule has 2 aliphatic heterocycles. The van der Waals surface area contributed by atoms with Gasteiger partial charge >= 0.3 is 41.9 Å². The summed E-state index contributed by atoms with van der Waals surface area (Å²) < 4.78 is 50.2. The molecule has 1 aromatic carbocycles. The van der Waals surface area contributed by atoms with Crippen molar-refractivity contribution in [2.45, 2.75) is 91.1 Å². The molecule has 2 aliphatic rings. The Balaban J connectivity index is 2.00. The zero-order chi connectivity index (χ0) is 36.2. The Morgan fingerprint density at radius 1 is 0.633 bits per heavy atom. The minimum absolute atomic E-state index is 0.0479. The van der Waals surface area contributed by atoms with Gasteiger partial charge in [-0.1, -0.05) is 30.3 Å². The van der Waals surface area contributed by atoms with Crippen LogP contribution in [0.25, 0.3) is 0 Å². The molecule has 0 unspecified atom stereocenters. The number of nitrogens with zero attached hydrogens (tertiary/aromatic N) is 1. The molecule has 0 radical (unpaired) electrons. The molecule has 0 N–H and O–H groups in total. The number of likely N-dealkylation sites (tertiary alicyclic amines) is 1. The molecule has 2 saturated heterocycles. The maximum Gasteiger partial charge on any atom is 0.410 e. The highest BCUT2D eigenvalue weighted by molar-refractivity contribution is 5.70. The lowest BCUT2D eigenvalue weighted by Gasteiger charge is -2.47. The molecule has 17 nitrogen and oxygen atoms in total. The van der Waals surface area contributed by atoms with Gasteiger partial charge in [-0.15, -0.1) is 0 Å². The molecule has 0 aliphatic carbocycles. The lowest BCUT2D eigenvalue weighted by molar-refractivity contribution is -0.329. The summed E-state index contributed by atoms with van der Waals surface area (Å²) in [5, 5.41) is 0. The van der Waals surface area contributed by atoms with Crippen LogP contribution >= 0.6 is 0 Å². The van der Waals surface area contributed by atoms with Crippen molar-refractivity contribution in [3.05, 3.63) is 35.9 Å². The summed E-state index contributed by atoms with van der Waals surface area (Å²) in [6, 6.07) is 8.92. The van der Waals surface area contributed by atoms with Crippen molar-refractivity contribution < 1.29 is 76.2 Å². The Hall–Kier alpha value is -4.77. The summed E-state index contributed by atoms with van der Waals surface area (Å²) in [6.45, 7) is 5.43. The fourth-order valence-corrected chi connectivity index (χ4v) is 5.39. The highest BCUT2D eigenvalue weighted by Crippen LogP contribution is 2.34.